The molecule has 2 aromatic rings. The van der Waals surface area contributed by atoms with Gasteiger partial charge in [-0.2, -0.15) is 0 Å². The second-order valence-electron chi connectivity index (χ2n) is 4.72. The van der Waals surface area contributed by atoms with Crippen molar-refractivity contribution >= 4 is 11.8 Å². The second-order valence-corrected chi connectivity index (χ2v) is 5.95. The van der Waals surface area contributed by atoms with Crippen molar-refractivity contribution in [2.75, 3.05) is 7.11 Å². The SMILES string of the molecule is COc1ccc2c(c1)C(N)C(SCc1ccco1)C2. The van der Waals surface area contributed by atoms with Crippen LogP contribution in [0.1, 0.15) is 22.9 Å². The third kappa shape index (κ3) is 2.51. The van der Waals surface area contributed by atoms with E-state index in [0.717, 1.165) is 23.7 Å². The lowest BCUT2D eigenvalue weighted by Gasteiger charge is -2.15. The molecule has 0 aliphatic heterocycles. The summed E-state index contributed by atoms with van der Waals surface area (Å²) in [4.78, 5) is 0. The van der Waals surface area contributed by atoms with Crippen LogP contribution in [0.4, 0.5) is 0 Å². The Morgan fingerprint density at radius 3 is 3.05 bits per heavy atom. The third-order valence-electron chi connectivity index (χ3n) is 3.55. The van der Waals surface area contributed by atoms with Crippen molar-refractivity contribution in [3.63, 3.8) is 0 Å². The van der Waals surface area contributed by atoms with Gasteiger partial charge in [0.1, 0.15) is 11.5 Å². The quantitative estimate of drug-likeness (QED) is 0.931. The van der Waals surface area contributed by atoms with Gasteiger partial charge >= 0.3 is 0 Å². The first-order valence-electron chi connectivity index (χ1n) is 6.34. The van der Waals surface area contributed by atoms with Gasteiger partial charge in [0.15, 0.2) is 0 Å². The van der Waals surface area contributed by atoms with E-state index in [1.807, 2.05) is 30.0 Å². The van der Waals surface area contributed by atoms with E-state index in [9.17, 15) is 0 Å². The fourth-order valence-electron chi connectivity index (χ4n) is 2.49. The molecule has 0 radical (unpaired) electrons. The first-order chi connectivity index (χ1) is 9.28. The van der Waals surface area contributed by atoms with Crippen LogP contribution >= 0.6 is 11.8 Å². The van der Waals surface area contributed by atoms with E-state index in [4.69, 9.17) is 14.9 Å². The highest BCUT2D eigenvalue weighted by molar-refractivity contribution is 7.99. The van der Waals surface area contributed by atoms with Crippen LogP contribution in [-0.4, -0.2) is 12.4 Å². The Balaban J connectivity index is 1.70. The maximum Gasteiger partial charge on any atom is 0.119 e. The molecule has 0 fully saturated rings. The molecule has 3 nitrogen and oxygen atoms in total. The molecule has 0 amide bonds. The standard InChI is InChI=1S/C15H17NO2S/c1-17-11-5-4-10-7-14(15(16)13(10)8-11)19-9-12-3-2-6-18-12/h2-6,8,14-15H,7,9,16H2,1H3. The Morgan fingerprint density at radius 2 is 2.32 bits per heavy atom. The van der Waals surface area contributed by atoms with Gasteiger partial charge in [-0.3, -0.25) is 0 Å². The van der Waals surface area contributed by atoms with Gasteiger partial charge in [-0.1, -0.05) is 6.07 Å². The zero-order valence-electron chi connectivity index (χ0n) is 10.8. The van der Waals surface area contributed by atoms with E-state index in [2.05, 4.69) is 12.1 Å². The Morgan fingerprint density at radius 1 is 1.42 bits per heavy atom. The highest BCUT2D eigenvalue weighted by Gasteiger charge is 2.30. The number of furan rings is 1. The van der Waals surface area contributed by atoms with Crippen LogP contribution in [0.3, 0.4) is 0 Å². The number of rotatable bonds is 4. The maximum atomic E-state index is 6.35. The molecule has 0 bridgehead atoms. The molecule has 100 valence electrons. The molecule has 3 rings (SSSR count). The van der Waals surface area contributed by atoms with Crippen LogP contribution in [0.5, 0.6) is 5.75 Å². The number of hydrogen-bond donors (Lipinski definition) is 1. The number of nitrogens with two attached hydrogens (primary N) is 1. The molecule has 0 spiro atoms. The molecule has 1 heterocycles. The van der Waals surface area contributed by atoms with Gasteiger partial charge < -0.3 is 14.9 Å². The topological polar surface area (TPSA) is 48.4 Å². The average molecular weight is 275 g/mol. The minimum absolute atomic E-state index is 0.0741. The highest BCUT2D eigenvalue weighted by atomic mass is 32.2. The summed E-state index contributed by atoms with van der Waals surface area (Å²) in [5.41, 5.74) is 8.90. The molecule has 1 aliphatic rings. The number of fused-ring (bicyclic) bond motifs is 1. The predicted molar refractivity (Wildman–Crippen MR) is 77.4 cm³/mol. The van der Waals surface area contributed by atoms with E-state index >= 15 is 0 Å². The molecule has 4 heteroatoms. The summed E-state index contributed by atoms with van der Waals surface area (Å²) in [7, 11) is 1.69. The van der Waals surface area contributed by atoms with Crippen LogP contribution in [-0.2, 0) is 12.2 Å². The lowest BCUT2D eigenvalue weighted by molar-refractivity contribution is 0.414. The number of hydrogen-bond acceptors (Lipinski definition) is 4. The molecule has 2 unspecified atom stereocenters. The van der Waals surface area contributed by atoms with Gasteiger partial charge in [0.25, 0.3) is 0 Å². The zero-order chi connectivity index (χ0) is 13.2. The first kappa shape index (κ1) is 12.6. The summed E-state index contributed by atoms with van der Waals surface area (Å²) in [5.74, 6) is 2.76. The van der Waals surface area contributed by atoms with E-state index in [-0.39, 0.29) is 6.04 Å². The molecule has 0 saturated heterocycles. The Kier molecular flexibility index (Phi) is 3.53. The number of ether oxygens (including phenoxy) is 1. The molecule has 1 aromatic heterocycles. The first-order valence-corrected chi connectivity index (χ1v) is 7.39. The molecule has 0 saturated carbocycles. The van der Waals surface area contributed by atoms with Gasteiger partial charge in [0.05, 0.1) is 19.1 Å². The molecule has 1 aliphatic carbocycles. The zero-order valence-corrected chi connectivity index (χ0v) is 11.7. The summed E-state index contributed by atoms with van der Waals surface area (Å²) < 4.78 is 10.6. The van der Waals surface area contributed by atoms with Gasteiger partial charge in [-0.15, -0.1) is 11.8 Å². The Hall–Kier alpha value is -1.39. The summed E-state index contributed by atoms with van der Waals surface area (Å²) >= 11 is 1.86. The van der Waals surface area contributed by atoms with Gasteiger partial charge in [0, 0.05) is 11.3 Å². The van der Waals surface area contributed by atoms with Crippen molar-refractivity contribution in [1.82, 2.24) is 0 Å². The van der Waals surface area contributed by atoms with E-state index in [1.54, 1.807) is 13.4 Å². The fraction of sp³-hybridized carbons (Fsp3) is 0.333. The van der Waals surface area contributed by atoms with Crippen molar-refractivity contribution in [2.24, 2.45) is 5.73 Å². The van der Waals surface area contributed by atoms with Crippen molar-refractivity contribution < 1.29 is 9.15 Å². The van der Waals surface area contributed by atoms with Crippen LogP contribution in [0, 0.1) is 0 Å². The molecule has 2 N–H and O–H groups in total. The normalized spacial score (nSPS) is 21.4. The van der Waals surface area contributed by atoms with Crippen LogP contribution in [0.15, 0.2) is 41.0 Å². The molecule has 19 heavy (non-hydrogen) atoms. The van der Waals surface area contributed by atoms with Crippen molar-refractivity contribution in [1.29, 1.82) is 0 Å². The number of benzene rings is 1. The van der Waals surface area contributed by atoms with Crippen LogP contribution < -0.4 is 10.5 Å². The van der Waals surface area contributed by atoms with Crippen LogP contribution in [0.25, 0.3) is 0 Å². The van der Waals surface area contributed by atoms with Crippen molar-refractivity contribution in [2.45, 2.75) is 23.5 Å². The minimum atomic E-state index is 0.0741. The highest BCUT2D eigenvalue weighted by Crippen LogP contribution is 2.39. The summed E-state index contributed by atoms with van der Waals surface area (Å²) in [6.07, 6.45) is 2.73. The Labute approximate surface area is 117 Å². The average Bonchev–Trinajstić information content (AvgIpc) is 3.05. The van der Waals surface area contributed by atoms with Gasteiger partial charge in [-0.05, 0) is 41.8 Å². The predicted octanol–water partition coefficient (Wildman–Crippen LogP) is 3.15. The van der Waals surface area contributed by atoms with E-state index in [1.165, 1.54) is 11.1 Å². The summed E-state index contributed by atoms with van der Waals surface area (Å²) in [5, 5.41) is 0.409. The van der Waals surface area contributed by atoms with Crippen molar-refractivity contribution in [3.05, 3.63) is 53.5 Å². The Bertz CT molecular complexity index is 553. The molecule has 1 aromatic carbocycles. The molecular weight excluding hydrogens is 258 g/mol. The van der Waals surface area contributed by atoms with E-state index < -0.39 is 0 Å². The van der Waals surface area contributed by atoms with Crippen molar-refractivity contribution in [3.8, 4) is 5.75 Å². The lowest BCUT2D eigenvalue weighted by atomic mass is 10.1. The molecule has 2 atom stereocenters. The molecular formula is C15H17NO2S. The summed E-state index contributed by atoms with van der Waals surface area (Å²) in [6.45, 7) is 0. The third-order valence-corrected chi connectivity index (χ3v) is 4.89. The largest absolute Gasteiger partial charge is 0.497 e. The summed E-state index contributed by atoms with van der Waals surface area (Å²) in [6, 6.07) is 10.2. The fourth-order valence-corrected chi connectivity index (χ4v) is 3.68. The maximum absolute atomic E-state index is 6.35. The monoisotopic (exact) mass is 275 g/mol. The van der Waals surface area contributed by atoms with Gasteiger partial charge in [-0.25, -0.2) is 0 Å². The van der Waals surface area contributed by atoms with E-state index in [0.29, 0.717) is 5.25 Å². The minimum Gasteiger partial charge on any atom is -0.497 e. The number of thioether (sulfide) groups is 1. The lowest BCUT2D eigenvalue weighted by Crippen LogP contribution is -2.19. The smallest absolute Gasteiger partial charge is 0.119 e. The van der Waals surface area contributed by atoms with Crippen LogP contribution in [0.2, 0.25) is 0 Å². The number of methoxy groups -OCH3 is 1. The van der Waals surface area contributed by atoms with Gasteiger partial charge in [0.2, 0.25) is 0 Å². The second kappa shape index (κ2) is 5.31.